The minimum absolute atomic E-state index is 0.264. The highest BCUT2D eigenvalue weighted by atomic mass is 32.2. The molecular formula is C12H24N2O2S. The van der Waals surface area contributed by atoms with Crippen LogP contribution in [-0.4, -0.2) is 42.6 Å². The summed E-state index contributed by atoms with van der Waals surface area (Å²) < 4.78 is 26.2. The fraction of sp³-hybridized carbons (Fsp3) is 1.00. The van der Waals surface area contributed by atoms with E-state index in [-0.39, 0.29) is 5.54 Å². The maximum absolute atomic E-state index is 12.6. The van der Waals surface area contributed by atoms with Gasteiger partial charge >= 0.3 is 0 Å². The van der Waals surface area contributed by atoms with Crippen LogP contribution in [0.4, 0.5) is 0 Å². The monoisotopic (exact) mass is 260 g/mol. The summed E-state index contributed by atoms with van der Waals surface area (Å²) in [5.74, 6) is 0.918. The molecule has 0 amide bonds. The van der Waals surface area contributed by atoms with E-state index in [0.29, 0.717) is 18.4 Å². The maximum Gasteiger partial charge on any atom is 0.219 e. The summed E-state index contributed by atoms with van der Waals surface area (Å²) in [6.45, 7) is 12.0. The van der Waals surface area contributed by atoms with Crippen molar-refractivity contribution in [1.82, 2.24) is 9.62 Å². The number of sulfonamides is 1. The molecule has 17 heavy (non-hydrogen) atoms. The Labute approximate surface area is 105 Å². The molecule has 0 aliphatic carbocycles. The van der Waals surface area contributed by atoms with Crippen molar-refractivity contribution in [3.05, 3.63) is 0 Å². The molecule has 0 spiro atoms. The van der Waals surface area contributed by atoms with E-state index in [1.165, 1.54) is 0 Å². The number of nitrogens with zero attached hydrogens (tertiary/aromatic N) is 1. The Balaban J connectivity index is 2.36. The highest BCUT2D eigenvalue weighted by molar-refractivity contribution is 7.90. The Kier molecular flexibility index (Phi) is 2.88. The first-order valence-corrected chi connectivity index (χ1v) is 7.75. The lowest BCUT2D eigenvalue weighted by atomic mass is 9.85. The lowest BCUT2D eigenvalue weighted by Crippen LogP contribution is -2.52. The highest BCUT2D eigenvalue weighted by Crippen LogP contribution is 2.44. The van der Waals surface area contributed by atoms with Gasteiger partial charge in [0.25, 0.3) is 0 Å². The van der Waals surface area contributed by atoms with Crippen LogP contribution < -0.4 is 5.32 Å². The first kappa shape index (κ1) is 13.3. The molecule has 5 heteroatoms. The lowest BCUT2D eigenvalue weighted by Gasteiger charge is -2.38. The summed E-state index contributed by atoms with van der Waals surface area (Å²) in [6, 6.07) is 0. The molecule has 2 atom stereocenters. The quantitative estimate of drug-likeness (QED) is 0.766. The maximum atomic E-state index is 12.6. The SMILES string of the molecule is CC1(C)C2CNCC2CN1S(=O)(=O)C(C)(C)C. The minimum atomic E-state index is -3.22. The third-order valence-corrected chi connectivity index (χ3v) is 7.10. The van der Waals surface area contributed by atoms with Gasteiger partial charge in [0.05, 0.1) is 4.75 Å². The van der Waals surface area contributed by atoms with E-state index in [2.05, 4.69) is 19.2 Å². The van der Waals surface area contributed by atoms with Crippen molar-refractivity contribution < 1.29 is 8.42 Å². The van der Waals surface area contributed by atoms with Crippen LogP contribution in [0.1, 0.15) is 34.6 Å². The zero-order valence-electron chi connectivity index (χ0n) is 11.4. The average molecular weight is 260 g/mol. The largest absolute Gasteiger partial charge is 0.316 e. The minimum Gasteiger partial charge on any atom is -0.316 e. The van der Waals surface area contributed by atoms with E-state index in [0.717, 1.165) is 13.1 Å². The summed E-state index contributed by atoms with van der Waals surface area (Å²) in [4.78, 5) is 0. The van der Waals surface area contributed by atoms with Crippen LogP contribution in [0, 0.1) is 11.8 Å². The average Bonchev–Trinajstić information content (AvgIpc) is 2.66. The second kappa shape index (κ2) is 3.68. The third-order valence-electron chi connectivity index (χ3n) is 4.35. The lowest BCUT2D eigenvalue weighted by molar-refractivity contribution is 0.229. The van der Waals surface area contributed by atoms with Crippen molar-refractivity contribution in [1.29, 1.82) is 0 Å². The van der Waals surface area contributed by atoms with E-state index in [4.69, 9.17) is 0 Å². The van der Waals surface area contributed by atoms with E-state index < -0.39 is 14.8 Å². The molecule has 2 rings (SSSR count). The number of fused-ring (bicyclic) bond motifs is 1. The van der Waals surface area contributed by atoms with Crippen molar-refractivity contribution in [3.8, 4) is 0 Å². The van der Waals surface area contributed by atoms with Crippen molar-refractivity contribution in [2.75, 3.05) is 19.6 Å². The Morgan fingerprint density at radius 3 is 2.29 bits per heavy atom. The van der Waals surface area contributed by atoms with Crippen LogP contribution in [0.5, 0.6) is 0 Å². The normalized spacial score (nSPS) is 33.9. The highest BCUT2D eigenvalue weighted by Gasteiger charge is 2.55. The molecule has 2 saturated heterocycles. The van der Waals surface area contributed by atoms with Gasteiger partial charge in [-0.2, -0.15) is 4.31 Å². The van der Waals surface area contributed by atoms with Gasteiger partial charge < -0.3 is 5.32 Å². The van der Waals surface area contributed by atoms with Crippen LogP contribution in [0.25, 0.3) is 0 Å². The van der Waals surface area contributed by atoms with E-state index in [1.54, 1.807) is 25.1 Å². The van der Waals surface area contributed by atoms with Gasteiger partial charge in [-0.15, -0.1) is 0 Å². The topological polar surface area (TPSA) is 49.4 Å². The summed E-state index contributed by atoms with van der Waals surface area (Å²) >= 11 is 0. The van der Waals surface area contributed by atoms with Gasteiger partial charge in [0.1, 0.15) is 0 Å². The number of hydrogen-bond acceptors (Lipinski definition) is 3. The van der Waals surface area contributed by atoms with Gasteiger partial charge in [-0.25, -0.2) is 8.42 Å². The second-order valence-electron chi connectivity index (χ2n) is 6.83. The second-order valence-corrected chi connectivity index (χ2v) is 9.44. The first-order valence-electron chi connectivity index (χ1n) is 6.31. The Morgan fingerprint density at radius 1 is 1.24 bits per heavy atom. The molecule has 1 N–H and O–H groups in total. The van der Waals surface area contributed by atoms with Gasteiger partial charge in [-0.05, 0) is 53.0 Å². The number of nitrogens with one attached hydrogen (secondary N) is 1. The third kappa shape index (κ3) is 1.83. The molecule has 2 fully saturated rings. The Hall–Kier alpha value is -0.130. The summed E-state index contributed by atoms with van der Waals surface area (Å²) in [7, 11) is -3.22. The Morgan fingerprint density at radius 2 is 1.82 bits per heavy atom. The van der Waals surface area contributed by atoms with Gasteiger partial charge in [0.2, 0.25) is 10.0 Å². The van der Waals surface area contributed by atoms with Gasteiger partial charge in [0, 0.05) is 18.6 Å². The van der Waals surface area contributed by atoms with Crippen molar-refractivity contribution >= 4 is 10.0 Å². The standard InChI is InChI=1S/C12H24N2O2S/c1-11(2,3)17(15,16)14-8-9-6-13-7-10(9)12(14,4)5/h9-10,13H,6-8H2,1-5H3. The molecular weight excluding hydrogens is 236 g/mol. The summed E-state index contributed by atoms with van der Waals surface area (Å²) in [5, 5.41) is 3.37. The molecule has 2 aliphatic heterocycles. The van der Waals surface area contributed by atoms with Crippen LogP contribution in [0.2, 0.25) is 0 Å². The zero-order chi connectivity index (χ0) is 13.1. The van der Waals surface area contributed by atoms with Crippen LogP contribution in [0.3, 0.4) is 0 Å². The summed E-state index contributed by atoms with van der Waals surface area (Å²) in [6.07, 6.45) is 0. The molecule has 2 unspecified atom stereocenters. The first-order chi connectivity index (χ1) is 7.58. The predicted molar refractivity (Wildman–Crippen MR) is 69.3 cm³/mol. The van der Waals surface area contributed by atoms with E-state index in [1.807, 2.05) is 0 Å². The zero-order valence-corrected chi connectivity index (χ0v) is 12.3. The molecule has 0 aromatic heterocycles. The molecule has 100 valence electrons. The van der Waals surface area contributed by atoms with Gasteiger partial charge in [0.15, 0.2) is 0 Å². The van der Waals surface area contributed by atoms with Crippen LogP contribution in [0.15, 0.2) is 0 Å². The van der Waals surface area contributed by atoms with E-state index in [9.17, 15) is 8.42 Å². The van der Waals surface area contributed by atoms with Crippen LogP contribution in [-0.2, 0) is 10.0 Å². The van der Waals surface area contributed by atoms with Crippen LogP contribution >= 0.6 is 0 Å². The molecule has 0 radical (unpaired) electrons. The molecule has 2 heterocycles. The fourth-order valence-corrected chi connectivity index (χ4v) is 4.93. The molecule has 0 bridgehead atoms. The predicted octanol–water partition coefficient (Wildman–Crippen LogP) is 1.04. The molecule has 4 nitrogen and oxygen atoms in total. The Bertz CT molecular complexity index is 409. The van der Waals surface area contributed by atoms with Crippen molar-refractivity contribution in [2.24, 2.45) is 11.8 Å². The molecule has 2 aliphatic rings. The summed E-state index contributed by atoms with van der Waals surface area (Å²) in [5.41, 5.74) is -0.264. The molecule has 0 aromatic carbocycles. The van der Waals surface area contributed by atoms with Gasteiger partial charge in [-0.1, -0.05) is 0 Å². The van der Waals surface area contributed by atoms with Crippen molar-refractivity contribution in [3.63, 3.8) is 0 Å². The van der Waals surface area contributed by atoms with E-state index >= 15 is 0 Å². The van der Waals surface area contributed by atoms with Gasteiger partial charge in [-0.3, -0.25) is 0 Å². The molecule has 0 saturated carbocycles. The number of rotatable bonds is 1. The fourth-order valence-electron chi connectivity index (χ4n) is 3.12. The number of hydrogen-bond donors (Lipinski definition) is 1. The van der Waals surface area contributed by atoms with Crippen molar-refractivity contribution in [2.45, 2.75) is 44.9 Å². The smallest absolute Gasteiger partial charge is 0.219 e. The molecule has 0 aromatic rings.